The van der Waals surface area contributed by atoms with Gasteiger partial charge in [-0.05, 0) is 23.8 Å². The number of halogens is 1. The maximum atomic E-state index is 12.6. The van der Waals surface area contributed by atoms with Crippen molar-refractivity contribution in [3.05, 3.63) is 48.3 Å². The minimum Gasteiger partial charge on any atom is -0.370 e. The summed E-state index contributed by atoms with van der Waals surface area (Å²) in [4.78, 5) is 0. The fourth-order valence-electron chi connectivity index (χ4n) is 1.24. The molecule has 0 saturated carbocycles. The van der Waals surface area contributed by atoms with Gasteiger partial charge in [-0.1, -0.05) is 18.7 Å². The molecule has 1 rings (SSSR count). The van der Waals surface area contributed by atoms with Crippen LogP contribution >= 0.6 is 0 Å². The second-order valence-corrected chi connectivity index (χ2v) is 3.50. The van der Waals surface area contributed by atoms with E-state index < -0.39 is 5.72 Å². The lowest BCUT2D eigenvalue weighted by atomic mass is 10.0. The van der Waals surface area contributed by atoms with Crippen LogP contribution < -0.4 is 5.84 Å². The Morgan fingerprint density at radius 2 is 2.07 bits per heavy atom. The van der Waals surface area contributed by atoms with Crippen molar-refractivity contribution in [2.45, 2.75) is 12.1 Å². The lowest BCUT2D eigenvalue weighted by Crippen LogP contribution is -2.50. The average molecular weight is 210 g/mol. The molecule has 82 valence electrons. The third-order valence-electron chi connectivity index (χ3n) is 2.32. The Labute approximate surface area is 88.6 Å². The second kappa shape index (κ2) is 4.53. The number of nitrogens with zero attached hydrogens (tertiary/aromatic N) is 1. The zero-order chi connectivity index (χ0) is 11.5. The molecule has 1 aromatic carbocycles. The van der Waals surface area contributed by atoms with E-state index in [1.807, 2.05) is 0 Å². The highest BCUT2D eigenvalue weighted by atomic mass is 19.1. The van der Waals surface area contributed by atoms with Gasteiger partial charge in [-0.15, -0.1) is 0 Å². The molecule has 0 amide bonds. The predicted molar refractivity (Wildman–Crippen MR) is 57.2 cm³/mol. The van der Waals surface area contributed by atoms with Gasteiger partial charge < -0.3 is 5.11 Å². The summed E-state index contributed by atoms with van der Waals surface area (Å²) >= 11 is 0. The van der Waals surface area contributed by atoms with Gasteiger partial charge in [0.2, 0.25) is 0 Å². The van der Waals surface area contributed by atoms with Gasteiger partial charge in [0.25, 0.3) is 0 Å². The molecule has 0 aliphatic rings. The first-order valence-corrected chi connectivity index (χ1v) is 4.57. The molecule has 1 atom stereocenters. The molecule has 0 spiro atoms. The Bertz CT molecular complexity index is 337. The zero-order valence-electron chi connectivity index (χ0n) is 8.65. The average Bonchev–Trinajstić information content (AvgIpc) is 2.21. The maximum absolute atomic E-state index is 12.6. The Balaban J connectivity index is 2.84. The van der Waals surface area contributed by atoms with E-state index in [1.165, 1.54) is 23.2 Å². The van der Waals surface area contributed by atoms with Gasteiger partial charge in [0, 0.05) is 13.5 Å². The van der Waals surface area contributed by atoms with Crippen LogP contribution in [0, 0.1) is 5.82 Å². The van der Waals surface area contributed by atoms with Crippen LogP contribution in [0.15, 0.2) is 36.9 Å². The summed E-state index contributed by atoms with van der Waals surface area (Å²) in [6, 6.07) is 5.89. The first-order chi connectivity index (χ1) is 6.98. The minimum absolute atomic E-state index is 0.268. The van der Waals surface area contributed by atoms with E-state index in [0.717, 1.165) is 5.56 Å². The molecule has 0 fully saturated rings. The summed E-state index contributed by atoms with van der Waals surface area (Å²) in [5.74, 6) is 5.19. The predicted octanol–water partition coefficient (Wildman–Crippen LogP) is 1.05. The van der Waals surface area contributed by atoms with E-state index in [-0.39, 0.29) is 12.2 Å². The van der Waals surface area contributed by atoms with Gasteiger partial charge >= 0.3 is 0 Å². The van der Waals surface area contributed by atoms with Crippen LogP contribution in [0.3, 0.4) is 0 Å². The normalized spacial score (nSPS) is 15.0. The van der Waals surface area contributed by atoms with Crippen molar-refractivity contribution in [2.75, 3.05) is 7.05 Å². The van der Waals surface area contributed by atoms with Crippen molar-refractivity contribution in [1.29, 1.82) is 0 Å². The lowest BCUT2D eigenvalue weighted by Gasteiger charge is -2.31. The van der Waals surface area contributed by atoms with Crippen LogP contribution in [-0.2, 0) is 6.42 Å². The highest BCUT2D eigenvalue weighted by molar-refractivity contribution is 5.19. The Kier molecular flexibility index (Phi) is 3.57. The van der Waals surface area contributed by atoms with E-state index >= 15 is 0 Å². The molecule has 0 saturated heterocycles. The highest BCUT2D eigenvalue weighted by Gasteiger charge is 2.26. The SMILES string of the molecule is C=CC(O)(Cc1ccc(F)cc1)N(C)N. The third-order valence-corrected chi connectivity index (χ3v) is 2.32. The van der Waals surface area contributed by atoms with Crippen molar-refractivity contribution in [3.8, 4) is 0 Å². The van der Waals surface area contributed by atoms with Gasteiger partial charge in [-0.2, -0.15) is 0 Å². The van der Waals surface area contributed by atoms with Gasteiger partial charge in [0.05, 0.1) is 0 Å². The van der Waals surface area contributed by atoms with E-state index in [4.69, 9.17) is 5.84 Å². The fraction of sp³-hybridized carbons (Fsp3) is 0.273. The first-order valence-electron chi connectivity index (χ1n) is 4.57. The topological polar surface area (TPSA) is 49.5 Å². The number of hydrogen-bond acceptors (Lipinski definition) is 3. The smallest absolute Gasteiger partial charge is 0.153 e. The first kappa shape index (κ1) is 11.8. The van der Waals surface area contributed by atoms with Crippen LogP contribution in [-0.4, -0.2) is 22.9 Å². The summed E-state index contributed by atoms with van der Waals surface area (Å²) < 4.78 is 12.6. The van der Waals surface area contributed by atoms with Gasteiger partial charge in [0.15, 0.2) is 5.72 Å². The van der Waals surface area contributed by atoms with Crippen LogP contribution in [0.1, 0.15) is 5.56 Å². The van der Waals surface area contributed by atoms with Gasteiger partial charge in [-0.25, -0.2) is 9.40 Å². The van der Waals surface area contributed by atoms with Crippen molar-refractivity contribution >= 4 is 0 Å². The number of rotatable bonds is 4. The van der Waals surface area contributed by atoms with Crippen molar-refractivity contribution in [3.63, 3.8) is 0 Å². The molecule has 0 heterocycles. The summed E-state index contributed by atoms with van der Waals surface area (Å²) in [5.41, 5.74) is -0.520. The van der Waals surface area contributed by atoms with Gasteiger partial charge in [-0.3, -0.25) is 5.84 Å². The highest BCUT2D eigenvalue weighted by Crippen LogP contribution is 2.16. The molecular weight excluding hydrogens is 195 g/mol. The number of aliphatic hydroxyl groups is 1. The van der Waals surface area contributed by atoms with Crippen LogP contribution in [0.2, 0.25) is 0 Å². The van der Waals surface area contributed by atoms with E-state index in [1.54, 1.807) is 19.2 Å². The number of hydrazine groups is 1. The van der Waals surface area contributed by atoms with Crippen LogP contribution in [0.5, 0.6) is 0 Å². The molecule has 1 aromatic rings. The second-order valence-electron chi connectivity index (χ2n) is 3.50. The van der Waals surface area contributed by atoms with Crippen molar-refractivity contribution < 1.29 is 9.50 Å². The Hall–Kier alpha value is -1.23. The minimum atomic E-state index is -1.31. The molecule has 4 heteroatoms. The zero-order valence-corrected chi connectivity index (χ0v) is 8.65. The molecule has 3 nitrogen and oxygen atoms in total. The number of likely N-dealkylation sites (N-methyl/N-ethyl adjacent to an activating group) is 1. The maximum Gasteiger partial charge on any atom is 0.153 e. The Morgan fingerprint density at radius 3 is 2.47 bits per heavy atom. The summed E-state index contributed by atoms with van der Waals surface area (Å²) in [6.45, 7) is 3.52. The molecule has 15 heavy (non-hydrogen) atoms. The largest absolute Gasteiger partial charge is 0.370 e. The molecule has 0 bridgehead atoms. The standard InChI is InChI=1S/C11H15FN2O/c1-3-11(15,14(2)13)8-9-4-6-10(12)7-5-9/h3-7,15H,1,8,13H2,2H3. The molecule has 3 N–H and O–H groups in total. The number of benzene rings is 1. The molecule has 0 radical (unpaired) electrons. The number of hydrogen-bond donors (Lipinski definition) is 2. The van der Waals surface area contributed by atoms with Crippen LogP contribution in [0.25, 0.3) is 0 Å². The fourth-order valence-corrected chi connectivity index (χ4v) is 1.24. The molecule has 0 aromatic heterocycles. The van der Waals surface area contributed by atoms with E-state index in [0.29, 0.717) is 0 Å². The monoisotopic (exact) mass is 210 g/mol. The molecule has 1 unspecified atom stereocenters. The van der Waals surface area contributed by atoms with E-state index in [2.05, 4.69) is 6.58 Å². The molecule has 0 aliphatic carbocycles. The quantitative estimate of drug-likeness (QED) is 0.338. The lowest BCUT2D eigenvalue weighted by molar-refractivity contribution is -0.0531. The van der Waals surface area contributed by atoms with Crippen molar-refractivity contribution in [1.82, 2.24) is 5.01 Å². The summed E-state index contributed by atoms with van der Waals surface area (Å²) in [5, 5.41) is 11.2. The third kappa shape index (κ3) is 2.86. The molecule has 0 aliphatic heterocycles. The van der Waals surface area contributed by atoms with Crippen molar-refractivity contribution in [2.24, 2.45) is 5.84 Å². The Morgan fingerprint density at radius 1 is 1.53 bits per heavy atom. The van der Waals surface area contributed by atoms with Gasteiger partial charge in [0.1, 0.15) is 5.82 Å². The summed E-state index contributed by atoms with van der Waals surface area (Å²) in [6.07, 6.45) is 1.63. The summed E-state index contributed by atoms with van der Waals surface area (Å²) in [7, 11) is 1.55. The molecular formula is C11H15FN2O. The van der Waals surface area contributed by atoms with Crippen LogP contribution in [0.4, 0.5) is 4.39 Å². The van der Waals surface area contributed by atoms with E-state index in [9.17, 15) is 9.50 Å². The number of nitrogens with two attached hydrogens (primary N) is 1.